The minimum absolute atomic E-state index is 0.0399. The fourth-order valence-corrected chi connectivity index (χ4v) is 2.32. The van der Waals surface area contributed by atoms with Crippen LogP contribution in [-0.4, -0.2) is 22.8 Å². The van der Waals surface area contributed by atoms with Gasteiger partial charge in [-0.1, -0.05) is 17.0 Å². The van der Waals surface area contributed by atoms with E-state index in [2.05, 4.69) is 26.8 Å². The minimum atomic E-state index is -0.216. The average Bonchev–Trinajstić information content (AvgIpc) is 3.00. The molecule has 6 heteroatoms. The number of aromatic nitrogens is 1. The lowest BCUT2D eigenvalue weighted by Gasteiger charge is -1.96. The van der Waals surface area contributed by atoms with Gasteiger partial charge < -0.3 is 14.9 Å². The summed E-state index contributed by atoms with van der Waals surface area (Å²) in [6.07, 6.45) is 3.22. The van der Waals surface area contributed by atoms with E-state index in [1.165, 1.54) is 23.8 Å². The van der Waals surface area contributed by atoms with Gasteiger partial charge in [-0.25, -0.2) is 0 Å². The Bertz CT molecular complexity index is 620. The molecule has 0 atom stereocenters. The second-order valence-electron chi connectivity index (χ2n) is 3.77. The number of nitrogens with one attached hydrogen (secondary N) is 1. The van der Waals surface area contributed by atoms with Crippen LogP contribution in [0.25, 0.3) is 0 Å². The van der Waals surface area contributed by atoms with Gasteiger partial charge in [-0.15, -0.1) is 11.3 Å². The summed E-state index contributed by atoms with van der Waals surface area (Å²) in [5.74, 6) is 5.57. The Kier molecular flexibility index (Phi) is 4.34. The molecule has 0 radical (unpaired) electrons. The minimum Gasteiger partial charge on any atom is -0.395 e. The molecule has 1 amide bonds. The number of hydrogen-bond acceptors (Lipinski definition) is 5. The van der Waals surface area contributed by atoms with Crippen molar-refractivity contribution in [3.8, 4) is 11.8 Å². The summed E-state index contributed by atoms with van der Waals surface area (Å²) in [6.45, 7) is 1.94. The summed E-state index contributed by atoms with van der Waals surface area (Å²) in [4.78, 5) is 13.4. The third-order valence-electron chi connectivity index (χ3n) is 2.27. The lowest BCUT2D eigenvalue weighted by Crippen LogP contribution is -2.09. The van der Waals surface area contributed by atoms with E-state index < -0.39 is 0 Å². The van der Waals surface area contributed by atoms with Crippen molar-refractivity contribution in [2.75, 3.05) is 11.9 Å². The summed E-state index contributed by atoms with van der Waals surface area (Å²) in [6, 6.07) is 1.79. The van der Waals surface area contributed by atoms with Crippen molar-refractivity contribution in [1.29, 1.82) is 0 Å². The topological polar surface area (TPSA) is 75.4 Å². The van der Waals surface area contributed by atoms with E-state index in [9.17, 15) is 4.79 Å². The molecule has 0 saturated heterocycles. The van der Waals surface area contributed by atoms with Crippen LogP contribution < -0.4 is 5.32 Å². The molecule has 98 valence electrons. The Balaban J connectivity index is 2.11. The lowest BCUT2D eigenvalue weighted by molar-refractivity contribution is 0.103. The van der Waals surface area contributed by atoms with E-state index in [1.54, 1.807) is 6.07 Å². The van der Waals surface area contributed by atoms with E-state index in [0.29, 0.717) is 17.0 Å². The molecule has 0 fully saturated rings. The number of thiophene rings is 1. The van der Waals surface area contributed by atoms with Crippen LogP contribution in [-0.2, 0) is 0 Å². The van der Waals surface area contributed by atoms with Crippen molar-refractivity contribution in [1.82, 2.24) is 5.16 Å². The van der Waals surface area contributed by atoms with Gasteiger partial charge in [-0.2, -0.15) is 0 Å². The molecule has 2 N–H and O–H groups in total. The van der Waals surface area contributed by atoms with Crippen LogP contribution in [0.1, 0.15) is 26.5 Å². The van der Waals surface area contributed by atoms with Gasteiger partial charge in [0.25, 0.3) is 5.91 Å². The van der Waals surface area contributed by atoms with E-state index in [4.69, 9.17) is 5.11 Å². The number of carbonyl (C=O) groups is 1. The number of anilines is 1. The Labute approximate surface area is 114 Å². The zero-order chi connectivity index (χ0) is 13.7. The lowest BCUT2D eigenvalue weighted by atomic mass is 10.2. The van der Waals surface area contributed by atoms with Gasteiger partial charge in [-0.3, -0.25) is 4.79 Å². The highest BCUT2D eigenvalue weighted by atomic mass is 32.1. The van der Waals surface area contributed by atoms with Crippen molar-refractivity contribution >= 4 is 22.9 Å². The molecule has 2 aromatic heterocycles. The number of carbonyl (C=O) groups excluding carboxylic acids is 1. The zero-order valence-electron chi connectivity index (χ0n) is 10.3. The molecule has 0 aliphatic carbocycles. The number of nitrogens with zero attached hydrogens (tertiary/aromatic N) is 1. The first-order valence-corrected chi connectivity index (χ1v) is 6.43. The van der Waals surface area contributed by atoms with E-state index >= 15 is 0 Å². The summed E-state index contributed by atoms with van der Waals surface area (Å²) >= 11 is 1.32. The fraction of sp³-hybridized carbons (Fsp3) is 0.231. The van der Waals surface area contributed by atoms with Gasteiger partial charge in [-0.05, 0) is 18.6 Å². The maximum Gasteiger partial charge on any atom is 0.265 e. The largest absolute Gasteiger partial charge is 0.395 e. The number of aryl methyl sites for hydroxylation is 1. The third-order valence-corrected chi connectivity index (χ3v) is 3.42. The van der Waals surface area contributed by atoms with Crippen LogP contribution in [0.4, 0.5) is 5.69 Å². The Morgan fingerprint density at radius 2 is 2.47 bits per heavy atom. The normalized spacial score (nSPS) is 9.79. The van der Waals surface area contributed by atoms with Crippen molar-refractivity contribution in [3.63, 3.8) is 0 Å². The van der Waals surface area contributed by atoms with Crippen molar-refractivity contribution in [3.05, 3.63) is 33.8 Å². The molecule has 0 aromatic carbocycles. The first-order chi connectivity index (χ1) is 9.20. The fourth-order valence-electron chi connectivity index (χ4n) is 1.38. The first-order valence-electron chi connectivity index (χ1n) is 5.61. The number of amides is 1. The van der Waals surface area contributed by atoms with Crippen LogP contribution in [0, 0.1) is 18.8 Å². The first kappa shape index (κ1) is 13.3. The number of aliphatic hydroxyl groups is 1. The predicted octanol–water partition coefficient (Wildman–Crippen LogP) is 2.03. The summed E-state index contributed by atoms with van der Waals surface area (Å²) in [5, 5.41) is 14.9. The number of rotatable bonds is 3. The molecule has 0 bridgehead atoms. The van der Waals surface area contributed by atoms with Gasteiger partial charge in [0.2, 0.25) is 0 Å². The molecule has 5 nitrogen and oxygen atoms in total. The molecule has 0 aliphatic heterocycles. The Morgan fingerprint density at radius 1 is 1.63 bits per heavy atom. The quantitative estimate of drug-likeness (QED) is 0.841. The highest BCUT2D eigenvalue weighted by Gasteiger charge is 2.12. The molecule has 2 aromatic rings. The van der Waals surface area contributed by atoms with Crippen LogP contribution in [0.5, 0.6) is 0 Å². The second kappa shape index (κ2) is 6.18. The molecular weight excluding hydrogens is 264 g/mol. The summed E-state index contributed by atoms with van der Waals surface area (Å²) in [5.41, 5.74) is 1.47. The van der Waals surface area contributed by atoms with Gasteiger partial charge in [0, 0.05) is 6.42 Å². The Hall–Kier alpha value is -2.10. The summed E-state index contributed by atoms with van der Waals surface area (Å²) < 4.78 is 4.64. The van der Waals surface area contributed by atoms with E-state index in [0.717, 1.165) is 10.4 Å². The van der Waals surface area contributed by atoms with Gasteiger partial charge in [0.05, 0.1) is 22.6 Å². The smallest absolute Gasteiger partial charge is 0.265 e. The van der Waals surface area contributed by atoms with Crippen LogP contribution >= 0.6 is 11.3 Å². The summed E-state index contributed by atoms with van der Waals surface area (Å²) in [7, 11) is 0. The van der Waals surface area contributed by atoms with Gasteiger partial charge in [0.1, 0.15) is 12.0 Å². The average molecular weight is 276 g/mol. The number of aliphatic hydroxyl groups excluding tert-OH is 1. The molecule has 0 spiro atoms. The van der Waals surface area contributed by atoms with Gasteiger partial charge in [0.15, 0.2) is 0 Å². The molecule has 19 heavy (non-hydrogen) atoms. The number of hydrogen-bond donors (Lipinski definition) is 2. The van der Waals surface area contributed by atoms with Crippen molar-refractivity contribution in [2.45, 2.75) is 13.3 Å². The standard InChI is InChI=1S/C13H12N2O3S/c1-9-6-12(19-11(9)4-2-3-5-16)13(17)15-10-7-14-18-8-10/h6-8,16H,3,5H2,1H3,(H,15,17). The van der Waals surface area contributed by atoms with Crippen LogP contribution in [0.3, 0.4) is 0 Å². The SMILES string of the molecule is Cc1cc(C(=O)Nc2cnoc2)sc1C#CCCO. The Morgan fingerprint density at radius 3 is 3.16 bits per heavy atom. The molecule has 0 saturated carbocycles. The zero-order valence-corrected chi connectivity index (χ0v) is 11.1. The van der Waals surface area contributed by atoms with E-state index in [-0.39, 0.29) is 12.5 Å². The molecular formula is C13H12N2O3S. The maximum atomic E-state index is 11.9. The molecule has 0 unspecified atom stereocenters. The second-order valence-corrected chi connectivity index (χ2v) is 4.82. The maximum absolute atomic E-state index is 11.9. The van der Waals surface area contributed by atoms with Crippen molar-refractivity contribution in [2.24, 2.45) is 0 Å². The van der Waals surface area contributed by atoms with Crippen molar-refractivity contribution < 1.29 is 14.4 Å². The van der Waals surface area contributed by atoms with Crippen LogP contribution in [0.15, 0.2) is 23.0 Å². The third kappa shape index (κ3) is 3.44. The molecule has 2 heterocycles. The van der Waals surface area contributed by atoms with Crippen LogP contribution in [0.2, 0.25) is 0 Å². The molecule has 2 rings (SSSR count). The molecule has 0 aliphatic rings. The highest BCUT2D eigenvalue weighted by molar-refractivity contribution is 7.14. The predicted molar refractivity (Wildman–Crippen MR) is 72.1 cm³/mol. The van der Waals surface area contributed by atoms with E-state index in [1.807, 2.05) is 6.92 Å². The monoisotopic (exact) mass is 276 g/mol. The highest BCUT2D eigenvalue weighted by Crippen LogP contribution is 2.22. The van der Waals surface area contributed by atoms with Gasteiger partial charge >= 0.3 is 0 Å².